The summed E-state index contributed by atoms with van der Waals surface area (Å²) in [6.45, 7) is 1.30. The highest BCUT2D eigenvalue weighted by Crippen LogP contribution is 2.26. The van der Waals surface area contributed by atoms with E-state index in [0.717, 1.165) is 12.1 Å². The van der Waals surface area contributed by atoms with Crippen LogP contribution < -0.4 is 10.9 Å². The molecule has 9 heteroatoms. The highest BCUT2D eigenvalue weighted by molar-refractivity contribution is 5.95. The fourth-order valence-electron chi connectivity index (χ4n) is 3.01. The highest BCUT2D eigenvalue weighted by Gasteiger charge is 2.17. The highest BCUT2D eigenvalue weighted by atomic mass is 19.1. The Morgan fingerprint density at radius 2 is 1.97 bits per heavy atom. The predicted octanol–water partition coefficient (Wildman–Crippen LogP) is 3.28. The minimum Gasteiger partial charge on any atom is -0.334 e. The van der Waals surface area contributed by atoms with Crippen molar-refractivity contribution in [3.05, 3.63) is 76.3 Å². The molecule has 4 rings (SSSR count). The topological polar surface area (TPSA) is 90.0 Å². The fourth-order valence-corrected chi connectivity index (χ4v) is 3.01. The number of amides is 1. The van der Waals surface area contributed by atoms with E-state index in [1.54, 1.807) is 31.2 Å². The lowest BCUT2D eigenvalue weighted by atomic mass is 10.1. The van der Waals surface area contributed by atoms with Crippen molar-refractivity contribution in [1.82, 2.24) is 14.7 Å². The predicted molar refractivity (Wildman–Crippen MR) is 101 cm³/mol. The molecule has 0 bridgehead atoms. The van der Waals surface area contributed by atoms with Crippen molar-refractivity contribution in [3.8, 4) is 11.5 Å². The zero-order chi connectivity index (χ0) is 20.5. The van der Waals surface area contributed by atoms with Crippen LogP contribution in [0.2, 0.25) is 0 Å². The van der Waals surface area contributed by atoms with Crippen molar-refractivity contribution >= 4 is 22.5 Å². The number of nitrogens with one attached hydrogen (secondary N) is 1. The number of aromatic nitrogens is 3. The van der Waals surface area contributed by atoms with Gasteiger partial charge in [-0.15, -0.1) is 0 Å². The minimum absolute atomic E-state index is 0.174. The van der Waals surface area contributed by atoms with E-state index in [4.69, 9.17) is 4.52 Å². The van der Waals surface area contributed by atoms with Crippen LogP contribution in [0.25, 0.3) is 22.4 Å². The second-order valence-electron chi connectivity index (χ2n) is 6.32. The quantitative estimate of drug-likeness (QED) is 0.572. The lowest BCUT2D eigenvalue weighted by Gasteiger charge is -2.12. The molecule has 0 spiro atoms. The number of halogens is 2. The van der Waals surface area contributed by atoms with Gasteiger partial charge < -0.3 is 9.84 Å². The van der Waals surface area contributed by atoms with Gasteiger partial charge in [0, 0.05) is 17.5 Å². The van der Waals surface area contributed by atoms with Gasteiger partial charge >= 0.3 is 0 Å². The molecule has 0 saturated heterocycles. The molecule has 2 heterocycles. The van der Waals surface area contributed by atoms with E-state index in [1.165, 1.54) is 10.6 Å². The van der Waals surface area contributed by atoms with E-state index in [1.807, 2.05) is 0 Å². The second kappa shape index (κ2) is 7.27. The molecule has 0 saturated carbocycles. The second-order valence-corrected chi connectivity index (χ2v) is 6.32. The number of fused-ring (bicyclic) bond motifs is 1. The Bertz CT molecular complexity index is 1300. The molecule has 0 aliphatic rings. The largest absolute Gasteiger partial charge is 0.334 e. The summed E-state index contributed by atoms with van der Waals surface area (Å²) in [6, 6.07) is 11.1. The number of anilines is 1. The van der Waals surface area contributed by atoms with Gasteiger partial charge in [-0.3, -0.25) is 14.2 Å². The Hall–Kier alpha value is -3.88. The van der Waals surface area contributed by atoms with Crippen LogP contribution in [0.4, 0.5) is 14.5 Å². The van der Waals surface area contributed by atoms with Crippen LogP contribution in [0.15, 0.2) is 57.8 Å². The summed E-state index contributed by atoms with van der Waals surface area (Å²) in [5, 5.41) is 6.72. The molecular weight excluding hydrogens is 382 g/mol. The van der Waals surface area contributed by atoms with Crippen LogP contribution in [-0.4, -0.2) is 20.6 Å². The summed E-state index contributed by atoms with van der Waals surface area (Å²) in [7, 11) is 0. The molecule has 29 heavy (non-hydrogen) atoms. The Morgan fingerprint density at radius 3 is 2.69 bits per heavy atom. The summed E-state index contributed by atoms with van der Waals surface area (Å²) >= 11 is 0. The van der Waals surface area contributed by atoms with Gasteiger partial charge in [-0.05, 0) is 25.1 Å². The third-order valence-corrected chi connectivity index (χ3v) is 4.28. The molecule has 4 aromatic rings. The van der Waals surface area contributed by atoms with Crippen LogP contribution in [0.3, 0.4) is 0 Å². The Labute approximate surface area is 162 Å². The average molecular weight is 396 g/mol. The summed E-state index contributed by atoms with van der Waals surface area (Å²) in [5.41, 5.74) is 0.281. The van der Waals surface area contributed by atoms with Gasteiger partial charge in [-0.1, -0.05) is 23.4 Å². The van der Waals surface area contributed by atoms with Gasteiger partial charge in [0.15, 0.2) is 5.82 Å². The summed E-state index contributed by atoms with van der Waals surface area (Å²) < 4.78 is 33.2. The molecule has 0 atom stereocenters. The van der Waals surface area contributed by atoms with E-state index < -0.39 is 23.1 Å². The lowest BCUT2D eigenvalue weighted by Crippen LogP contribution is -2.28. The molecule has 0 fully saturated rings. The third kappa shape index (κ3) is 3.62. The Kier molecular flexibility index (Phi) is 4.63. The number of para-hydroxylation sites is 1. The van der Waals surface area contributed by atoms with Gasteiger partial charge in [0.05, 0.1) is 16.8 Å². The maximum absolute atomic E-state index is 13.8. The molecule has 0 aliphatic heterocycles. The molecule has 146 valence electrons. The smallest absolute Gasteiger partial charge is 0.258 e. The number of hydrogen-bond acceptors (Lipinski definition) is 5. The number of hydrogen-bond donors (Lipinski definition) is 1. The zero-order valence-electron chi connectivity index (χ0n) is 15.1. The number of benzene rings is 2. The Balaban J connectivity index is 1.72. The molecule has 1 amide bonds. The number of aryl methyl sites for hydroxylation is 1. The van der Waals surface area contributed by atoms with E-state index in [9.17, 15) is 18.4 Å². The SMILES string of the molecule is Cc1noc(-c2cc(=O)n(CC(=O)Nc3ccc(F)cc3F)c3ccccc23)n1. The molecular formula is C20H14F2N4O3. The van der Waals surface area contributed by atoms with Crippen LogP contribution in [-0.2, 0) is 11.3 Å². The molecule has 1 N–H and O–H groups in total. The van der Waals surface area contributed by atoms with E-state index in [-0.39, 0.29) is 18.1 Å². The normalized spacial score (nSPS) is 11.0. The lowest BCUT2D eigenvalue weighted by molar-refractivity contribution is -0.116. The van der Waals surface area contributed by atoms with E-state index >= 15 is 0 Å². The monoisotopic (exact) mass is 396 g/mol. The molecule has 0 unspecified atom stereocenters. The molecule has 2 aromatic carbocycles. The number of carbonyl (C=O) groups is 1. The van der Waals surface area contributed by atoms with Gasteiger partial charge in [0.25, 0.3) is 11.4 Å². The molecule has 7 nitrogen and oxygen atoms in total. The van der Waals surface area contributed by atoms with Crippen molar-refractivity contribution in [2.45, 2.75) is 13.5 Å². The first-order valence-electron chi connectivity index (χ1n) is 8.60. The third-order valence-electron chi connectivity index (χ3n) is 4.28. The van der Waals surface area contributed by atoms with Crippen LogP contribution in [0.5, 0.6) is 0 Å². The van der Waals surface area contributed by atoms with Gasteiger partial charge in [-0.25, -0.2) is 8.78 Å². The van der Waals surface area contributed by atoms with Crippen LogP contribution >= 0.6 is 0 Å². The van der Waals surface area contributed by atoms with Crippen molar-refractivity contribution in [3.63, 3.8) is 0 Å². The van der Waals surface area contributed by atoms with Gasteiger partial charge in [-0.2, -0.15) is 4.98 Å². The summed E-state index contributed by atoms with van der Waals surface area (Å²) in [6.07, 6.45) is 0. The maximum atomic E-state index is 13.8. The van der Waals surface area contributed by atoms with E-state index in [0.29, 0.717) is 28.4 Å². The van der Waals surface area contributed by atoms with Crippen molar-refractivity contribution < 1.29 is 18.1 Å². The van der Waals surface area contributed by atoms with Crippen molar-refractivity contribution in [2.24, 2.45) is 0 Å². The molecule has 0 radical (unpaired) electrons. The van der Waals surface area contributed by atoms with Crippen molar-refractivity contribution in [1.29, 1.82) is 0 Å². The van der Waals surface area contributed by atoms with Gasteiger partial charge in [0.2, 0.25) is 5.91 Å². The van der Waals surface area contributed by atoms with Crippen molar-refractivity contribution in [2.75, 3.05) is 5.32 Å². The first-order chi connectivity index (χ1) is 13.9. The van der Waals surface area contributed by atoms with Crippen LogP contribution in [0.1, 0.15) is 5.82 Å². The maximum Gasteiger partial charge on any atom is 0.258 e. The van der Waals surface area contributed by atoms with E-state index in [2.05, 4.69) is 15.5 Å². The fraction of sp³-hybridized carbons (Fsp3) is 0.100. The standard InChI is InChI=1S/C20H14F2N4O3/c1-11-23-20(29-25-11)14-9-19(28)26(17-5-3-2-4-13(14)17)10-18(27)24-16-7-6-12(21)8-15(16)22/h2-9H,10H2,1H3,(H,24,27). The number of carbonyl (C=O) groups excluding carboxylic acids is 1. The number of pyridine rings is 1. The van der Waals surface area contributed by atoms with Gasteiger partial charge in [0.1, 0.15) is 18.2 Å². The summed E-state index contributed by atoms with van der Waals surface area (Å²) in [5.74, 6) is -1.67. The minimum atomic E-state index is -0.905. The number of nitrogens with zero attached hydrogens (tertiary/aromatic N) is 3. The molecule has 0 aliphatic carbocycles. The average Bonchev–Trinajstić information content (AvgIpc) is 3.12. The zero-order valence-corrected chi connectivity index (χ0v) is 15.1. The van der Waals surface area contributed by atoms with Crippen LogP contribution in [0, 0.1) is 18.6 Å². The Morgan fingerprint density at radius 1 is 1.17 bits per heavy atom. The first kappa shape index (κ1) is 18.5. The first-order valence-corrected chi connectivity index (χ1v) is 8.60. The number of rotatable bonds is 4. The summed E-state index contributed by atoms with van der Waals surface area (Å²) in [4.78, 5) is 29.3. The molecule has 2 aromatic heterocycles.